The van der Waals surface area contributed by atoms with Crippen LogP contribution in [0.5, 0.6) is 5.88 Å². The average Bonchev–Trinajstić information content (AvgIpc) is 2.69. The molecule has 1 aromatic carbocycles. The fourth-order valence-corrected chi connectivity index (χ4v) is 4.53. The van der Waals surface area contributed by atoms with Crippen molar-refractivity contribution in [2.45, 2.75) is 25.3 Å². The van der Waals surface area contributed by atoms with Gasteiger partial charge in [-0.15, -0.1) is 0 Å². The maximum Gasteiger partial charge on any atom is 0.269 e. The average molecular weight is 534 g/mol. The third kappa shape index (κ3) is 6.67. The zero-order valence-corrected chi connectivity index (χ0v) is 19.6. The lowest BCUT2D eigenvalue weighted by Crippen LogP contribution is -2.54. The number of ether oxygens (including phenoxy) is 1. The summed E-state index contributed by atoms with van der Waals surface area (Å²) in [6.45, 7) is 3.45. The highest BCUT2D eigenvalue weighted by atomic mass is 79.9. The number of benzene rings is 1. The van der Waals surface area contributed by atoms with Crippen LogP contribution in [-0.2, 0) is 27.2 Å². The summed E-state index contributed by atoms with van der Waals surface area (Å²) in [5.74, 6) is -2.83. The summed E-state index contributed by atoms with van der Waals surface area (Å²) in [4.78, 5) is 20.4. The van der Waals surface area contributed by atoms with E-state index in [2.05, 4.69) is 20.9 Å². The molecule has 1 amide bonds. The van der Waals surface area contributed by atoms with Crippen LogP contribution in [0.3, 0.4) is 0 Å². The minimum Gasteiger partial charge on any atom is -0.467 e. The summed E-state index contributed by atoms with van der Waals surface area (Å²) >= 11 is 3.18. The molecular weight excluding hydrogens is 512 g/mol. The highest BCUT2D eigenvalue weighted by Gasteiger charge is 2.28. The molecule has 1 saturated heterocycles. The van der Waals surface area contributed by atoms with E-state index in [-0.39, 0.29) is 30.0 Å². The summed E-state index contributed by atoms with van der Waals surface area (Å²) < 4.78 is 64.1. The summed E-state index contributed by atoms with van der Waals surface area (Å²) in [5.41, 5.74) is 0.769. The van der Waals surface area contributed by atoms with Gasteiger partial charge in [0.05, 0.1) is 0 Å². The van der Waals surface area contributed by atoms with Gasteiger partial charge in [-0.05, 0) is 46.6 Å². The van der Waals surface area contributed by atoms with E-state index in [0.29, 0.717) is 36.2 Å². The van der Waals surface area contributed by atoms with Gasteiger partial charge in [0.2, 0.25) is 5.88 Å². The van der Waals surface area contributed by atoms with Crippen LogP contribution < -0.4 is 4.74 Å². The van der Waals surface area contributed by atoms with Gasteiger partial charge in [-0.2, -0.15) is 8.42 Å². The summed E-state index contributed by atoms with van der Waals surface area (Å²) in [6.07, 6.45) is 1.40. The van der Waals surface area contributed by atoms with Crippen LogP contribution in [0, 0.1) is 11.6 Å². The number of amides is 1. The number of hydrogen-bond acceptors (Lipinski definition) is 6. The lowest BCUT2D eigenvalue weighted by Gasteiger charge is -2.39. The fourth-order valence-electron chi connectivity index (χ4n) is 3.55. The Kier molecular flexibility index (Phi) is 7.80. The maximum absolute atomic E-state index is 13.4. The molecule has 1 fully saturated rings. The van der Waals surface area contributed by atoms with Gasteiger partial charge in [0, 0.05) is 48.5 Å². The SMILES string of the molecule is CC1CN(Cc2ccc(F)c(F)c2)CCN1C(=O)COc1ncc(Br)cc1CS(=O)(=O)O. The fraction of sp³-hybridized carbons (Fsp3) is 0.400. The largest absolute Gasteiger partial charge is 0.467 e. The highest BCUT2D eigenvalue weighted by molar-refractivity contribution is 9.10. The topological polar surface area (TPSA) is 100 Å². The van der Waals surface area contributed by atoms with E-state index in [0.717, 1.165) is 6.07 Å². The zero-order valence-electron chi connectivity index (χ0n) is 17.2. The van der Waals surface area contributed by atoms with Crippen LogP contribution in [0.4, 0.5) is 8.78 Å². The lowest BCUT2D eigenvalue weighted by molar-refractivity contribution is -0.138. The molecule has 2 heterocycles. The number of hydrogen-bond donors (Lipinski definition) is 1. The molecule has 1 aliphatic rings. The molecule has 1 N–H and O–H groups in total. The van der Waals surface area contributed by atoms with Gasteiger partial charge < -0.3 is 9.64 Å². The summed E-state index contributed by atoms with van der Waals surface area (Å²) in [7, 11) is -4.31. The predicted molar refractivity (Wildman–Crippen MR) is 115 cm³/mol. The quantitative estimate of drug-likeness (QED) is 0.546. The highest BCUT2D eigenvalue weighted by Crippen LogP contribution is 2.22. The third-order valence-electron chi connectivity index (χ3n) is 4.98. The van der Waals surface area contributed by atoms with Gasteiger partial charge in [0.25, 0.3) is 16.0 Å². The second-order valence-electron chi connectivity index (χ2n) is 7.55. The molecule has 0 aliphatic carbocycles. The van der Waals surface area contributed by atoms with Crippen molar-refractivity contribution < 1.29 is 31.3 Å². The molecule has 32 heavy (non-hydrogen) atoms. The molecule has 1 aliphatic heterocycles. The van der Waals surface area contributed by atoms with Crippen LogP contribution in [0.2, 0.25) is 0 Å². The monoisotopic (exact) mass is 533 g/mol. The first-order valence-corrected chi connectivity index (χ1v) is 12.1. The number of halogens is 3. The van der Waals surface area contributed by atoms with Crippen LogP contribution in [0.25, 0.3) is 0 Å². The van der Waals surface area contributed by atoms with Gasteiger partial charge in [-0.3, -0.25) is 14.2 Å². The first kappa shape index (κ1) is 24.5. The number of pyridine rings is 1. The molecule has 174 valence electrons. The third-order valence-corrected chi connectivity index (χ3v) is 6.09. The van der Waals surface area contributed by atoms with Crippen LogP contribution in [0.15, 0.2) is 34.9 Å². The maximum atomic E-state index is 13.4. The Balaban J connectivity index is 1.57. The minimum absolute atomic E-state index is 0.0520. The first-order chi connectivity index (χ1) is 15.0. The molecule has 8 nitrogen and oxygen atoms in total. The van der Waals surface area contributed by atoms with E-state index in [1.807, 2.05) is 11.8 Å². The molecule has 0 saturated carbocycles. The molecule has 1 atom stereocenters. The Morgan fingerprint density at radius 1 is 1.28 bits per heavy atom. The van der Waals surface area contributed by atoms with Gasteiger partial charge >= 0.3 is 0 Å². The Morgan fingerprint density at radius 2 is 2.03 bits per heavy atom. The van der Waals surface area contributed by atoms with Gasteiger partial charge in [0.1, 0.15) is 5.75 Å². The molecule has 0 radical (unpaired) electrons. The minimum atomic E-state index is -4.31. The van der Waals surface area contributed by atoms with Crippen LogP contribution in [-0.4, -0.2) is 65.9 Å². The second-order valence-corrected chi connectivity index (χ2v) is 9.92. The van der Waals surface area contributed by atoms with Crippen molar-refractivity contribution in [3.8, 4) is 5.88 Å². The van der Waals surface area contributed by atoms with Crippen LogP contribution >= 0.6 is 15.9 Å². The number of carbonyl (C=O) groups excluding carboxylic acids is 1. The van der Waals surface area contributed by atoms with Crippen molar-refractivity contribution in [1.82, 2.24) is 14.8 Å². The summed E-state index contributed by atoms with van der Waals surface area (Å²) in [6, 6.07) is 5.09. The Morgan fingerprint density at radius 3 is 2.69 bits per heavy atom. The molecule has 1 aromatic heterocycles. The van der Waals surface area contributed by atoms with Crippen molar-refractivity contribution in [2.24, 2.45) is 0 Å². The van der Waals surface area contributed by atoms with Gasteiger partial charge in [0.15, 0.2) is 18.2 Å². The molecule has 3 rings (SSSR count). The van der Waals surface area contributed by atoms with E-state index in [1.54, 1.807) is 4.90 Å². The van der Waals surface area contributed by atoms with E-state index in [9.17, 15) is 22.0 Å². The molecular formula is C20H22BrF2N3O5S. The van der Waals surface area contributed by atoms with Crippen molar-refractivity contribution >= 4 is 32.0 Å². The molecule has 12 heteroatoms. The number of carbonyl (C=O) groups is 1. The Labute approximate surface area is 193 Å². The van der Waals surface area contributed by atoms with Gasteiger partial charge in [-0.1, -0.05) is 6.07 Å². The smallest absolute Gasteiger partial charge is 0.269 e. The number of nitrogens with zero attached hydrogens (tertiary/aromatic N) is 3. The number of rotatable bonds is 7. The Bertz CT molecular complexity index is 1100. The zero-order chi connectivity index (χ0) is 23.5. The number of aromatic nitrogens is 1. The molecule has 1 unspecified atom stereocenters. The normalized spacial score (nSPS) is 17.4. The molecule has 2 aromatic rings. The Hall–Kier alpha value is -2.15. The van der Waals surface area contributed by atoms with E-state index in [4.69, 9.17) is 9.29 Å². The molecule has 0 spiro atoms. The molecule has 0 bridgehead atoms. The van der Waals surface area contributed by atoms with Crippen molar-refractivity contribution in [1.29, 1.82) is 0 Å². The van der Waals surface area contributed by atoms with Crippen molar-refractivity contribution in [3.63, 3.8) is 0 Å². The first-order valence-electron chi connectivity index (χ1n) is 9.70. The van der Waals surface area contributed by atoms with Gasteiger partial charge in [-0.25, -0.2) is 13.8 Å². The predicted octanol–water partition coefficient (Wildman–Crippen LogP) is 2.62. The standard InChI is InChI=1S/C20H22BrF2N3O5S/c1-13-9-25(10-14-2-3-17(22)18(23)6-14)4-5-26(13)19(27)11-31-20-15(12-32(28,29)30)7-16(21)8-24-20/h2-3,6-8,13H,4-5,9-12H2,1H3,(H,28,29,30). The van der Waals surface area contributed by atoms with Crippen molar-refractivity contribution in [3.05, 3.63) is 57.7 Å². The van der Waals surface area contributed by atoms with Crippen molar-refractivity contribution in [2.75, 3.05) is 26.2 Å². The van der Waals surface area contributed by atoms with E-state index < -0.39 is 27.5 Å². The van der Waals surface area contributed by atoms with E-state index >= 15 is 0 Å². The summed E-state index contributed by atoms with van der Waals surface area (Å²) in [5, 5.41) is 0. The van der Waals surface area contributed by atoms with Crippen LogP contribution in [0.1, 0.15) is 18.1 Å². The van der Waals surface area contributed by atoms with E-state index in [1.165, 1.54) is 24.4 Å². The number of piperazine rings is 1. The second kappa shape index (κ2) is 10.2. The lowest BCUT2D eigenvalue weighted by atomic mass is 10.1.